The molecular formula is C20H20BrClN2O3S. The second kappa shape index (κ2) is 11.8. The Balaban J connectivity index is 1.87. The van der Waals surface area contributed by atoms with E-state index in [-0.39, 0.29) is 11.7 Å². The molecular weight excluding hydrogens is 464 g/mol. The summed E-state index contributed by atoms with van der Waals surface area (Å²) < 4.78 is 11.6. The van der Waals surface area contributed by atoms with Crippen molar-refractivity contribution in [2.24, 2.45) is 5.10 Å². The van der Waals surface area contributed by atoms with Crippen LogP contribution in [0.3, 0.4) is 0 Å². The van der Waals surface area contributed by atoms with E-state index >= 15 is 0 Å². The highest BCUT2D eigenvalue weighted by Crippen LogP contribution is 2.36. The van der Waals surface area contributed by atoms with Crippen molar-refractivity contribution in [1.29, 1.82) is 0 Å². The molecule has 5 nitrogen and oxygen atoms in total. The maximum absolute atomic E-state index is 11.9. The molecule has 1 N–H and O–H groups in total. The molecule has 1 amide bonds. The molecule has 28 heavy (non-hydrogen) atoms. The van der Waals surface area contributed by atoms with Gasteiger partial charge in [0.15, 0.2) is 11.5 Å². The van der Waals surface area contributed by atoms with Gasteiger partial charge in [-0.3, -0.25) is 4.79 Å². The van der Waals surface area contributed by atoms with Gasteiger partial charge >= 0.3 is 0 Å². The van der Waals surface area contributed by atoms with E-state index in [1.54, 1.807) is 25.5 Å². The van der Waals surface area contributed by atoms with Gasteiger partial charge in [-0.1, -0.05) is 42.5 Å². The normalized spacial score (nSPS) is 10.7. The Kier molecular flexibility index (Phi) is 9.40. The Morgan fingerprint density at radius 2 is 2.18 bits per heavy atom. The zero-order valence-corrected chi connectivity index (χ0v) is 18.4. The molecule has 0 unspecified atom stereocenters. The number of hydrazone groups is 1. The highest BCUT2D eigenvalue weighted by atomic mass is 79.9. The summed E-state index contributed by atoms with van der Waals surface area (Å²) >= 11 is 11.0. The van der Waals surface area contributed by atoms with E-state index in [4.69, 9.17) is 21.1 Å². The average molecular weight is 484 g/mol. The largest absolute Gasteiger partial charge is 0.493 e. The standard InChI is InChI=1S/C20H20BrClN2O3S/c1-3-8-27-20-16(21)9-14(10-18(20)26-2)11-23-24-19(25)13-28-12-15-6-4-5-7-17(15)22/h3-7,9-11H,1,8,12-13H2,2H3,(H,24,25)/b23-11-. The summed E-state index contributed by atoms with van der Waals surface area (Å²) in [6, 6.07) is 11.2. The minimum absolute atomic E-state index is 0.190. The van der Waals surface area contributed by atoms with Gasteiger partial charge in [0.2, 0.25) is 5.91 Å². The van der Waals surface area contributed by atoms with Crippen molar-refractivity contribution in [3.05, 3.63) is 69.7 Å². The van der Waals surface area contributed by atoms with Crippen molar-refractivity contribution in [2.75, 3.05) is 19.5 Å². The minimum atomic E-state index is -0.190. The number of hydrogen-bond acceptors (Lipinski definition) is 5. The number of carbonyl (C=O) groups is 1. The molecule has 0 spiro atoms. The van der Waals surface area contributed by atoms with Gasteiger partial charge in [-0.05, 0) is 45.3 Å². The third kappa shape index (κ3) is 6.89. The van der Waals surface area contributed by atoms with Gasteiger partial charge in [0.05, 0.1) is 23.5 Å². The topological polar surface area (TPSA) is 59.9 Å². The van der Waals surface area contributed by atoms with Gasteiger partial charge in [0.1, 0.15) is 6.61 Å². The van der Waals surface area contributed by atoms with Crippen LogP contribution in [0.2, 0.25) is 5.02 Å². The number of rotatable bonds is 10. The molecule has 2 aromatic rings. The van der Waals surface area contributed by atoms with Crippen LogP contribution >= 0.6 is 39.3 Å². The minimum Gasteiger partial charge on any atom is -0.493 e. The lowest BCUT2D eigenvalue weighted by Gasteiger charge is -2.12. The zero-order valence-electron chi connectivity index (χ0n) is 15.3. The molecule has 0 saturated heterocycles. The SMILES string of the molecule is C=CCOc1c(Br)cc(/C=N\NC(=O)CSCc2ccccc2Cl)cc1OC. The first-order valence-electron chi connectivity index (χ1n) is 8.29. The first kappa shape index (κ1) is 22.3. The van der Waals surface area contributed by atoms with Crippen LogP contribution in [0.15, 0.2) is 58.6 Å². The van der Waals surface area contributed by atoms with Gasteiger partial charge in [-0.15, -0.1) is 11.8 Å². The van der Waals surface area contributed by atoms with E-state index in [0.717, 1.165) is 15.6 Å². The molecule has 2 rings (SSSR count). The molecule has 0 atom stereocenters. The predicted octanol–water partition coefficient (Wildman–Crippen LogP) is 5.06. The molecule has 0 aliphatic carbocycles. The van der Waals surface area contributed by atoms with E-state index in [1.807, 2.05) is 30.3 Å². The Morgan fingerprint density at radius 3 is 2.89 bits per heavy atom. The number of methoxy groups -OCH3 is 1. The highest BCUT2D eigenvalue weighted by molar-refractivity contribution is 9.10. The molecule has 0 aromatic heterocycles. The summed E-state index contributed by atoms with van der Waals surface area (Å²) in [7, 11) is 1.56. The van der Waals surface area contributed by atoms with E-state index in [1.165, 1.54) is 11.8 Å². The van der Waals surface area contributed by atoms with Crippen LogP contribution in [0.25, 0.3) is 0 Å². The van der Waals surface area contributed by atoms with Crippen molar-refractivity contribution in [3.63, 3.8) is 0 Å². The average Bonchev–Trinajstić information content (AvgIpc) is 2.68. The summed E-state index contributed by atoms with van der Waals surface area (Å²) in [4.78, 5) is 11.9. The second-order valence-corrected chi connectivity index (χ2v) is 7.76. The molecule has 0 bridgehead atoms. The number of amides is 1. The predicted molar refractivity (Wildman–Crippen MR) is 120 cm³/mol. The lowest BCUT2D eigenvalue weighted by atomic mass is 10.2. The molecule has 0 heterocycles. The van der Waals surface area contributed by atoms with Crippen molar-refractivity contribution in [2.45, 2.75) is 5.75 Å². The number of nitrogens with one attached hydrogen (secondary N) is 1. The molecule has 8 heteroatoms. The van der Waals surface area contributed by atoms with Crippen molar-refractivity contribution in [3.8, 4) is 11.5 Å². The first-order chi connectivity index (χ1) is 13.5. The third-order valence-electron chi connectivity index (χ3n) is 3.45. The number of thioether (sulfide) groups is 1. The van der Waals surface area contributed by atoms with Gasteiger partial charge in [-0.2, -0.15) is 5.10 Å². The number of nitrogens with zero attached hydrogens (tertiary/aromatic N) is 1. The van der Waals surface area contributed by atoms with Gasteiger partial charge < -0.3 is 9.47 Å². The fourth-order valence-electron chi connectivity index (χ4n) is 2.18. The van der Waals surface area contributed by atoms with Crippen LogP contribution < -0.4 is 14.9 Å². The quantitative estimate of drug-likeness (QED) is 0.291. The fraction of sp³-hybridized carbons (Fsp3) is 0.200. The van der Waals surface area contributed by atoms with Crippen LogP contribution in [0.5, 0.6) is 11.5 Å². The number of hydrogen-bond donors (Lipinski definition) is 1. The van der Waals surface area contributed by atoms with Crippen LogP contribution in [0, 0.1) is 0 Å². The summed E-state index contributed by atoms with van der Waals surface area (Å²) in [5, 5.41) is 4.70. The molecule has 0 aliphatic rings. The van der Waals surface area contributed by atoms with Crippen LogP contribution in [0.1, 0.15) is 11.1 Å². The van der Waals surface area contributed by atoms with Gasteiger partial charge in [0.25, 0.3) is 0 Å². The number of carbonyl (C=O) groups excluding carboxylic acids is 1. The lowest BCUT2D eigenvalue weighted by Crippen LogP contribution is -2.19. The Labute approximate surface area is 182 Å². The van der Waals surface area contributed by atoms with E-state index in [2.05, 4.69) is 33.0 Å². The molecule has 0 fully saturated rings. The van der Waals surface area contributed by atoms with Crippen LogP contribution in [-0.4, -0.2) is 31.6 Å². The Morgan fingerprint density at radius 1 is 1.39 bits per heavy atom. The first-order valence-corrected chi connectivity index (χ1v) is 10.6. The van der Waals surface area contributed by atoms with Crippen molar-refractivity contribution < 1.29 is 14.3 Å². The van der Waals surface area contributed by atoms with Crippen molar-refractivity contribution >= 4 is 51.4 Å². The fourth-order valence-corrected chi connectivity index (χ4v) is 3.86. The van der Waals surface area contributed by atoms with E-state index in [0.29, 0.717) is 28.9 Å². The Hall–Kier alpha value is -1.96. The van der Waals surface area contributed by atoms with Crippen LogP contribution in [0.4, 0.5) is 0 Å². The number of halogens is 2. The van der Waals surface area contributed by atoms with Gasteiger partial charge in [0, 0.05) is 10.8 Å². The summed E-state index contributed by atoms with van der Waals surface area (Å²) in [5.41, 5.74) is 4.26. The maximum Gasteiger partial charge on any atom is 0.250 e. The molecule has 0 saturated carbocycles. The van der Waals surface area contributed by atoms with E-state index < -0.39 is 0 Å². The number of ether oxygens (including phenoxy) is 2. The molecule has 2 aromatic carbocycles. The maximum atomic E-state index is 11.9. The summed E-state index contributed by atoms with van der Waals surface area (Å²) in [5.74, 6) is 1.89. The molecule has 148 valence electrons. The monoisotopic (exact) mass is 482 g/mol. The van der Waals surface area contributed by atoms with Crippen molar-refractivity contribution in [1.82, 2.24) is 5.43 Å². The number of benzene rings is 2. The summed E-state index contributed by atoms with van der Waals surface area (Å²) in [6.45, 7) is 3.99. The molecule has 0 aliphatic heterocycles. The molecule has 0 radical (unpaired) electrons. The Bertz CT molecular complexity index is 861. The van der Waals surface area contributed by atoms with Crippen LogP contribution in [-0.2, 0) is 10.5 Å². The lowest BCUT2D eigenvalue weighted by molar-refractivity contribution is -0.118. The smallest absolute Gasteiger partial charge is 0.250 e. The highest BCUT2D eigenvalue weighted by Gasteiger charge is 2.11. The second-order valence-electron chi connectivity index (χ2n) is 5.51. The van der Waals surface area contributed by atoms with E-state index in [9.17, 15) is 4.79 Å². The van der Waals surface area contributed by atoms with Gasteiger partial charge in [-0.25, -0.2) is 5.43 Å². The zero-order chi connectivity index (χ0) is 20.4. The summed E-state index contributed by atoms with van der Waals surface area (Å²) in [6.07, 6.45) is 3.20. The third-order valence-corrected chi connectivity index (χ3v) is 5.39.